The van der Waals surface area contributed by atoms with Crippen LogP contribution in [0.1, 0.15) is 29.3 Å². The summed E-state index contributed by atoms with van der Waals surface area (Å²) in [6.07, 6.45) is -1.05. The summed E-state index contributed by atoms with van der Waals surface area (Å²) >= 11 is 0. The van der Waals surface area contributed by atoms with E-state index >= 15 is 0 Å². The third kappa shape index (κ3) is 2.63. The van der Waals surface area contributed by atoms with E-state index in [1.807, 2.05) is 0 Å². The second-order valence-electron chi connectivity index (χ2n) is 6.34. The molecule has 4 rings (SSSR count). The largest absolute Gasteiger partial charge is 0.417 e. The molecule has 5 nitrogen and oxygen atoms in total. The van der Waals surface area contributed by atoms with Gasteiger partial charge in [-0.25, -0.2) is 8.78 Å². The first-order valence-corrected chi connectivity index (χ1v) is 7.86. The molecule has 1 saturated carbocycles. The minimum atomic E-state index is -3.60. The van der Waals surface area contributed by atoms with Gasteiger partial charge in [0.1, 0.15) is 0 Å². The summed E-state index contributed by atoms with van der Waals surface area (Å²) in [5.41, 5.74) is 2.49. The van der Waals surface area contributed by atoms with Crippen molar-refractivity contribution in [3.63, 3.8) is 0 Å². The van der Waals surface area contributed by atoms with Crippen LogP contribution in [0.5, 0.6) is 0 Å². The highest BCUT2D eigenvalue weighted by Gasteiger charge is 2.57. The lowest BCUT2D eigenvalue weighted by atomic mass is 10.0. The number of methoxy groups -OCH3 is 1. The molecule has 0 aliphatic heterocycles. The molecule has 0 N–H and O–H groups in total. The van der Waals surface area contributed by atoms with E-state index in [0.29, 0.717) is 16.8 Å². The van der Waals surface area contributed by atoms with Gasteiger partial charge >= 0.3 is 6.11 Å². The molecule has 2 aromatic heterocycles. The number of ether oxygens (including phenoxy) is 1. The monoisotopic (exact) mass is 366 g/mol. The Balaban J connectivity index is 1.76. The van der Waals surface area contributed by atoms with E-state index in [-0.39, 0.29) is 12.1 Å². The van der Waals surface area contributed by atoms with Crippen molar-refractivity contribution < 1.29 is 22.3 Å². The molecule has 136 valence electrons. The fourth-order valence-electron chi connectivity index (χ4n) is 3.00. The quantitative estimate of drug-likeness (QED) is 0.657. The topological polar surface area (TPSA) is 52.3 Å². The normalized spacial score (nSPS) is 19.1. The summed E-state index contributed by atoms with van der Waals surface area (Å²) < 4.78 is 59.5. The summed E-state index contributed by atoms with van der Waals surface area (Å²) in [7, 11) is 0.875. The Hall–Kier alpha value is -2.55. The molecule has 9 heteroatoms. The van der Waals surface area contributed by atoms with Crippen LogP contribution in [0, 0.1) is 6.92 Å². The van der Waals surface area contributed by atoms with Crippen molar-refractivity contribution in [3.8, 4) is 11.3 Å². The predicted octanol–water partition coefficient (Wildman–Crippen LogP) is 3.92. The maximum Gasteiger partial charge on any atom is 0.417 e. The Kier molecular flexibility index (Phi) is 3.56. The van der Waals surface area contributed by atoms with Crippen molar-refractivity contribution >= 4 is 5.65 Å². The molecule has 0 radical (unpaired) electrons. The van der Waals surface area contributed by atoms with Crippen molar-refractivity contribution in [3.05, 3.63) is 47.5 Å². The van der Waals surface area contributed by atoms with Crippen molar-refractivity contribution in [2.75, 3.05) is 7.11 Å². The molecular weight excluding hydrogens is 352 g/mol. The average molecular weight is 366 g/mol. The van der Waals surface area contributed by atoms with E-state index in [9.17, 15) is 17.6 Å². The highest BCUT2D eigenvalue weighted by molar-refractivity contribution is 5.64. The number of halogens is 4. The average Bonchev–Trinajstić information content (AvgIpc) is 3.04. The summed E-state index contributed by atoms with van der Waals surface area (Å²) in [5.74, 6) is -4.06. The van der Waals surface area contributed by atoms with E-state index < -0.39 is 23.8 Å². The zero-order chi connectivity index (χ0) is 18.7. The van der Waals surface area contributed by atoms with Gasteiger partial charge in [0.2, 0.25) is 5.82 Å². The van der Waals surface area contributed by atoms with Crippen LogP contribution < -0.4 is 0 Å². The number of alkyl halides is 4. The Bertz CT molecular complexity index is 1000. The van der Waals surface area contributed by atoms with Crippen molar-refractivity contribution in [1.82, 2.24) is 19.6 Å². The number of hydrogen-bond donors (Lipinski definition) is 0. The van der Waals surface area contributed by atoms with Gasteiger partial charge in [-0.15, -0.1) is 10.2 Å². The first kappa shape index (κ1) is 16.9. The zero-order valence-corrected chi connectivity index (χ0v) is 13.9. The minimum absolute atomic E-state index is 0.146. The molecule has 0 amide bonds. The SMILES string of the molecule is COC(F)(F)c1nnc2cnc(-c3ccc(C4CC4(F)F)cc3C)cn12. The van der Waals surface area contributed by atoms with Crippen molar-refractivity contribution in [2.24, 2.45) is 0 Å². The van der Waals surface area contributed by atoms with Crippen LogP contribution in [0.15, 0.2) is 30.6 Å². The predicted molar refractivity (Wildman–Crippen MR) is 84.2 cm³/mol. The van der Waals surface area contributed by atoms with Gasteiger partial charge in [-0.3, -0.25) is 9.38 Å². The maximum atomic E-state index is 13.8. The molecule has 0 bridgehead atoms. The Labute approximate surface area is 145 Å². The summed E-state index contributed by atoms with van der Waals surface area (Å²) in [6, 6.07) is 4.98. The van der Waals surface area contributed by atoms with Crippen molar-refractivity contribution in [1.29, 1.82) is 0 Å². The van der Waals surface area contributed by atoms with Crippen molar-refractivity contribution in [2.45, 2.75) is 31.3 Å². The fraction of sp³-hybridized carbons (Fsp3) is 0.353. The Morgan fingerprint density at radius 3 is 2.62 bits per heavy atom. The standard InChI is InChI=1S/C17H14F4N4O/c1-9-5-10(12-6-16(12,18)19)3-4-11(9)13-8-25-14(7-22-13)23-24-15(25)17(20,21)26-2/h3-5,7-8,12H,6H2,1-2H3. The number of hydrogen-bond acceptors (Lipinski definition) is 4. The number of benzene rings is 1. The first-order chi connectivity index (χ1) is 12.2. The van der Waals surface area contributed by atoms with Gasteiger partial charge in [0.05, 0.1) is 17.8 Å². The molecule has 1 aliphatic rings. The maximum absolute atomic E-state index is 13.8. The first-order valence-electron chi connectivity index (χ1n) is 7.86. The van der Waals surface area contributed by atoms with Gasteiger partial charge in [0.15, 0.2) is 5.65 Å². The van der Waals surface area contributed by atoms with E-state index in [2.05, 4.69) is 19.9 Å². The number of aryl methyl sites for hydroxylation is 1. The second kappa shape index (κ2) is 5.47. The Morgan fingerprint density at radius 2 is 2.00 bits per heavy atom. The van der Waals surface area contributed by atoms with E-state index in [0.717, 1.165) is 17.1 Å². The van der Waals surface area contributed by atoms with E-state index in [1.54, 1.807) is 25.1 Å². The molecule has 26 heavy (non-hydrogen) atoms. The molecule has 1 aliphatic carbocycles. The highest BCUT2D eigenvalue weighted by Crippen LogP contribution is 2.56. The smallest absolute Gasteiger partial charge is 0.317 e. The van der Waals surface area contributed by atoms with Gasteiger partial charge in [0.25, 0.3) is 5.92 Å². The molecule has 1 unspecified atom stereocenters. The molecular formula is C17H14F4N4O. The summed E-state index contributed by atoms with van der Waals surface area (Å²) in [6.45, 7) is 1.77. The number of rotatable bonds is 4. The van der Waals surface area contributed by atoms with Crippen LogP contribution in [0.4, 0.5) is 17.6 Å². The molecule has 0 saturated heterocycles. The number of nitrogens with zero attached hydrogens (tertiary/aromatic N) is 4. The summed E-state index contributed by atoms with van der Waals surface area (Å²) in [5, 5.41) is 7.13. The molecule has 3 aromatic rings. The lowest BCUT2D eigenvalue weighted by Crippen LogP contribution is -2.19. The molecule has 1 fully saturated rings. The van der Waals surface area contributed by atoms with Crippen LogP contribution in [0.3, 0.4) is 0 Å². The van der Waals surface area contributed by atoms with Gasteiger partial charge in [-0.2, -0.15) is 8.78 Å². The minimum Gasteiger partial charge on any atom is -0.317 e. The number of fused-ring (bicyclic) bond motifs is 1. The van der Waals surface area contributed by atoms with Crippen LogP contribution in [0.2, 0.25) is 0 Å². The van der Waals surface area contributed by atoms with Crippen LogP contribution in [0.25, 0.3) is 16.9 Å². The zero-order valence-electron chi connectivity index (χ0n) is 13.9. The Morgan fingerprint density at radius 1 is 1.27 bits per heavy atom. The third-order valence-electron chi connectivity index (χ3n) is 4.56. The highest BCUT2D eigenvalue weighted by atomic mass is 19.3. The van der Waals surface area contributed by atoms with Gasteiger partial charge < -0.3 is 4.74 Å². The number of aromatic nitrogens is 4. The van der Waals surface area contributed by atoms with Gasteiger partial charge in [0, 0.05) is 25.3 Å². The van der Waals surface area contributed by atoms with Crippen LogP contribution in [-0.4, -0.2) is 32.6 Å². The molecule has 2 heterocycles. The third-order valence-corrected chi connectivity index (χ3v) is 4.56. The molecule has 0 spiro atoms. The molecule has 1 atom stereocenters. The van der Waals surface area contributed by atoms with Gasteiger partial charge in [-0.05, 0) is 18.1 Å². The van der Waals surface area contributed by atoms with Crippen LogP contribution >= 0.6 is 0 Å². The molecule has 1 aromatic carbocycles. The van der Waals surface area contributed by atoms with Gasteiger partial charge in [-0.1, -0.05) is 18.2 Å². The van der Waals surface area contributed by atoms with Crippen LogP contribution in [-0.2, 0) is 10.8 Å². The fourth-order valence-corrected chi connectivity index (χ4v) is 3.00. The second-order valence-corrected chi connectivity index (χ2v) is 6.34. The summed E-state index contributed by atoms with van der Waals surface area (Å²) in [4.78, 5) is 4.22. The van der Waals surface area contributed by atoms with E-state index in [1.165, 1.54) is 12.4 Å². The lowest BCUT2D eigenvalue weighted by molar-refractivity contribution is -0.237. The van der Waals surface area contributed by atoms with E-state index in [4.69, 9.17) is 0 Å². The lowest BCUT2D eigenvalue weighted by Gasteiger charge is -2.12.